The lowest BCUT2D eigenvalue weighted by Gasteiger charge is -2.33. The number of amides is 2. The van der Waals surface area contributed by atoms with Crippen LogP contribution in [-0.2, 0) is 0 Å². The minimum absolute atomic E-state index is 0. The van der Waals surface area contributed by atoms with Crippen LogP contribution in [0.3, 0.4) is 0 Å². The molecular weight excluding hydrogens is 375 g/mol. The Bertz CT molecular complexity index is 580. The van der Waals surface area contributed by atoms with Gasteiger partial charge >= 0.3 is 0 Å². The van der Waals surface area contributed by atoms with Crippen LogP contribution in [-0.4, -0.2) is 73.0 Å². The van der Waals surface area contributed by atoms with Crippen LogP contribution in [0.5, 0.6) is 0 Å². The first kappa shape index (κ1) is 22.7. The summed E-state index contributed by atoms with van der Waals surface area (Å²) in [5.74, 6) is 0.0124. The van der Waals surface area contributed by atoms with Crippen molar-refractivity contribution < 1.29 is 9.59 Å². The van der Waals surface area contributed by atoms with Gasteiger partial charge in [0.15, 0.2) is 0 Å². The molecule has 26 heavy (non-hydrogen) atoms. The van der Waals surface area contributed by atoms with Crippen molar-refractivity contribution in [3.63, 3.8) is 0 Å². The summed E-state index contributed by atoms with van der Waals surface area (Å²) < 4.78 is 0. The molecule has 2 aliphatic heterocycles. The van der Waals surface area contributed by atoms with Gasteiger partial charge in [-0.05, 0) is 32.0 Å². The number of rotatable bonds is 2. The molecular formula is C18H28Cl2N4O2. The van der Waals surface area contributed by atoms with Crippen LogP contribution in [0, 0.1) is 0 Å². The molecule has 1 aromatic rings. The number of nitrogens with one attached hydrogen (secondary N) is 2. The van der Waals surface area contributed by atoms with E-state index in [-0.39, 0.29) is 36.6 Å². The maximum atomic E-state index is 12.7. The molecule has 2 N–H and O–H groups in total. The maximum absolute atomic E-state index is 12.7. The van der Waals surface area contributed by atoms with Gasteiger partial charge in [0, 0.05) is 62.5 Å². The predicted molar refractivity (Wildman–Crippen MR) is 108 cm³/mol. The van der Waals surface area contributed by atoms with E-state index < -0.39 is 0 Å². The van der Waals surface area contributed by atoms with E-state index in [0.29, 0.717) is 49.4 Å². The Morgan fingerprint density at radius 3 is 1.69 bits per heavy atom. The second-order valence-electron chi connectivity index (χ2n) is 6.79. The van der Waals surface area contributed by atoms with E-state index in [1.165, 1.54) is 0 Å². The Morgan fingerprint density at radius 1 is 0.885 bits per heavy atom. The van der Waals surface area contributed by atoms with Crippen molar-refractivity contribution in [3.05, 3.63) is 35.4 Å². The molecule has 2 saturated heterocycles. The summed E-state index contributed by atoms with van der Waals surface area (Å²) in [4.78, 5) is 29.1. The molecule has 0 unspecified atom stereocenters. The van der Waals surface area contributed by atoms with Gasteiger partial charge in [-0.3, -0.25) is 9.59 Å². The number of hydrogen-bond acceptors (Lipinski definition) is 4. The summed E-state index contributed by atoms with van der Waals surface area (Å²) in [6.07, 6.45) is 0. The van der Waals surface area contributed by atoms with E-state index in [1.54, 1.807) is 24.3 Å². The summed E-state index contributed by atoms with van der Waals surface area (Å²) in [6, 6.07) is 7.74. The lowest BCUT2D eigenvalue weighted by molar-refractivity contribution is 0.0706. The molecule has 2 fully saturated rings. The molecule has 2 aliphatic rings. The number of benzene rings is 1. The molecule has 1 aromatic carbocycles. The molecule has 0 bridgehead atoms. The molecule has 0 radical (unpaired) electrons. The predicted octanol–water partition coefficient (Wildman–Crippen LogP) is 1.40. The fourth-order valence-electron chi connectivity index (χ4n) is 3.38. The first-order valence-electron chi connectivity index (χ1n) is 8.70. The van der Waals surface area contributed by atoms with Crippen molar-refractivity contribution in [1.82, 2.24) is 20.4 Å². The Labute approximate surface area is 167 Å². The lowest BCUT2D eigenvalue weighted by atomic mass is 10.1. The van der Waals surface area contributed by atoms with Crippen molar-refractivity contribution in [1.29, 1.82) is 0 Å². The zero-order valence-corrected chi connectivity index (χ0v) is 16.9. The highest BCUT2D eigenvalue weighted by atomic mass is 35.5. The number of hydrogen-bond donors (Lipinski definition) is 2. The molecule has 6 nitrogen and oxygen atoms in total. The maximum Gasteiger partial charge on any atom is 0.253 e. The average molecular weight is 403 g/mol. The zero-order valence-electron chi connectivity index (χ0n) is 15.2. The first-order valence-corrected chi connectivity index (χ1v) is 8.70. The fraction of sp³-hybridized carbons (Fsp3) is 0.556. The quantitative estimate of drug-likeness (QED) is 0.784. The molecule has 2 atom stereocenters. The van der Waals surface area contributed by atoms with Crippen molar-refractivity contribution in [3.8, 4) is 0 Å². The van der Waals surface area contributed by atoms with E-state index in [1.807, 2.05) is 9.80 Å². The standard InChI is InChI=1S/C18H26N4O2.2ClH/c1-13-11-21(8-6-19-13)17(23)15-4-3-5-16(10-15)18(24)22-9-7-20-14(2)12-22;;/h3-5,10,13-14,19-20H,6-9,11-12H2,1-2H3;2*1H/t13-,14-;;/m1../s1. The summed E-state index contributed by atoms with van der Waals surface area (Å²) in [7, 11) is 0. The molecule has 8 heteroatoms. The van der Waals surface area contributed by atoms with E-state index in [9.17, 15) is 9.59 Å². The minimum Gasteiger partial charge on any atom is -0.336 e. The van der Waals surface area contributed by atoms with E-state index in [0.717, 1.165) is 13.1 Å². The zero-order chi connectivity index (χ0) is 17.1. The SMILES string of the molecule is C[C@@H]1CN(C(=O)c2cccc(C(=O)N3CCN[C@H](C)C3)c2)CCN1.Cl.Cl. The van der Waals surface area contributed by atoms with E-state index in [4.69, 9.17) is 0 Å². The second-order valence-corrected chi connectivity index (χ2v) is 6.79. The summed E-state index contributed by atoms with van der Waals surface area (Å²) >= 11 is 0. The first-order chi connectivity index (χ1) is 11.5. The third-order valence-corrected chi connectivity index (χ3v) is 4.67. The third-order valence-electron chi connectivity index (χ3n) is 4.67. The van der Waals surface area contributed by atoms with Gasteiger partial charge in [-0.25, -0.2) is 0 Å². The summed E-state index contributed by atoms with van der Waals surface area (Å²) in [6.45, 7) is 8.58. The van der Waals surface area contributed by atoms with Crippen molar-refractivity contribution >= 4 is 36.6 Å². The smallest absolute Gasteiger partial charge is 0.253 e. The van der Waals surface area contributed by atoms with Crippen molar-refractivity contribution in [2.75, 3.05) is 39.3 Å². The van der Waals surface area contributed by atoms with Gasteiger partial charge in [0.05, 0.1) is 0 Å². The van der Waals surface area contributed by atoms with Gasteiger partial charge in [-0.1, -0.05) is 6.07 Å². The molecule has 2 heterocycles. The Hall–Kier alpha value is -1.34. The summed E-state index contributed by atoms with van der Waals surface area (Å²) in [5.41, 5.74) is 1.19. The van der Waals surface area contributed by atoms with Crippen molar-refractivity contribution in [2.45, 2.75) is 25.9 Å². The molecule has 0 aromatic heterocycles. The Kier molecular flexibility index (Phi) is 8.83. The van der Waals surface area contributed by atoms with Gasteiger partial charge in [0.2, 0.25) is 0 Å². The van der Waals surface area contributed by atoms with Crippen LogP contribution < -0.4 is 10.6 Å². The number of carbonyl (C=O) groups excluding carboxylic acids is 2. The fourth-order valence-corrected chi connectivity index (χ4v) is 3.38. The van der Waals surface area contributed by atoms with Crippen LogP contribution in [0.2, 0.25) is 0 Å². The Balaban J connectivity index is 0.00000169. The molecule has 146 valence electrons. The summed E-state index contributed by atoms with van der Waals surface area (Å²) in [5, 5.41) is 6.67. The number of piperazine rings is 2. The van der Waals surface area contributed by atoms with Crippen LogP contribution in [0.1, 0.15) is 34.6 Å². The minimum atomic E-state index is 0. The molecule has 0 spiro atoms. The van der Waals surface area contributed by atoms with Gasteiger partial charge in [0.1, 0.15) is 0 Å². The number of halogens is 2. The number of nitrogens with zero attached hydrogens (tertiary/aromatic N) is 2. The molecule has 0 saturated carbocycles. The normalized spacial score (nSPS) is 22.8. The third kappa shape index (κ3) is 5.33. The van der Waals surface area contributed by atoms with E-state index >= 15 is 0 Å². The van der Waals surface area contributed by atoms with Crippen LogP contribution in [0.4, 0.5) is 0 Å². The van der Waals surface area contributed by atoms with E-state index in [2.05, 4.69) is 24.5 Å². The van der Waals surface area contributed by atoms with Crippen molar-refractivity contribution in [2.24, 2.45) is 0 Å². The molecule has 3 rings (SSSR count). The monoisotopic (exact) mass is 402 g/mol. The van der Waals surface area contributed by atoms with Gasteiger partial charge < -0.3 is 20.4 Å². The molecule has 0 aliphatic carbocycles. The largest absolute Gasteiger partial charge is 0.336 e. The van der Waals surface area contributed by atoms with Gasteiger partial charge in [-0.15, -0.1) is 24.8 Å². The highest BCUT2D eigenvalue weighted by molar-refractivity contribution is 5.99. The van der Waals surface area contributed by atoms with Gasteiger partial charge in [0.25, 0.3) is 11.8 Å². The Morgan fingerprint density at radius 2 is 1.31 bits per heavy atom. The molecule has 2 amide bonds. The highest BCUT2D eigenvalue weighted by Gasteiger charge is 2.24. The lowest BCUT2D eigenvalue weighted by Crippen LogP contribution is -2.51. The topological polar surface area (TPSA) is 64.7 Å². The van der Waals surface area contributed by atoms with Crippen LogP contribution >= 0.6 is 24.8 Å². The van der Waals surface area contributed by atoms with Crippen LogP contribution in [0.25, 0.3) is 0 Å². The van der Waals surface area contributed by atoms with Crippen LogP contribution in [0.15, 0.2) is 24.3 Å². The number of carbonyl (C=O) groups is 2. The second kappa shape index (κ2) is 10.1. The highest BCUT2D eigenvalue weighted by Crippen LogP contribution is 2.13. The average Bonchev–Trinajstić information content (AvgIpc) is 2.60. The van der Waals surface area contributed by atoms with Gasteiger partial charge in [-0.2, -0.15) is 0 Å².